The molecule has 0 bridgehead atoms. The molecule has 0 atom stereocenters. The highest BCUT2D eigenvalue weighted by atomic mass is 32.1. The van der Waals surface area contributed by atoms with Crippen LogP contribution in [0, 0.1) is 0 Å². The van der Waals surface area contributed by atoms with Crippen molar-refractivity contribution >= 4 is 17.2 Å². The maximum absolute atomic E-state index is 12.1. The van der Waals surface area contributed by atoms with E-state index in [2.05, 4.69) is 15.5 Å². The second-order valence-corrected chi connectivity index (χ2v) is 6.43. The summed E-state index contributed by atoms with van der Waals surface area (Å²) < 4.78 is 15.6. The summed E-state index contributed by atoms with van der Waals surface area (Å²) in [6, 6.07) is 9.41. The highest BCUT2D eigenvalue weighted by Crippen LogP contribution is 2.23. The SMILES string of the molecule is COc1cc(CCC(=O)NCc2nc(-c3cccs3)no2)cc(OC)c1. The van der Waals surface area contributed by atoms with E-state index >= 15 is 0 Å². The standard InChI is InChI=1S/C18H19N3O4S/c1-23-13-8-12(9-14(10-13)24-2)5-6-16(22)19-11-17-20-18(21-25-17)15-4-3-7-26-15/h3-4,7-10H,5-6,11H2,1-2H3,(H,19,22). The third kappa shape index (κ3) is 4.60. The van der Waals surface area contributed by atoms with E-state index in [-0.39, 0.29) is 12.5 Å². The Morgan fingerprint density at radius 2 is 2.00 bits per heavy atom. The van der Waals surface area contributed by atoms with Crippen molar-refractivity contribution in [2.45, 2.75) is 19.4 Å². The Balaban J connectivity index is 1.50. The number of nitrogens with one attached hydrogen (secondary N) is 1. The van der Waals surface area contributed by atoms with Crippen LogP contribution in [-0.4, -0.2) is 30.3 Å². The Morgan fingerprint density at radius 3 is 2.65 bits per heavy atom. The van der Waals surface area contributed by atoms with Crippen LogP contribution in [0.3, 0.4) is 0 Å². The second-order valence-electron chi connectivity index (χ2n) is 5.49. The van der Waals surface area contributed by atoms with Crippen molar-refractivity contribution in [1.82, 2.24) is 15.5 Å². The molecule has 136 valence electrons. The first-order valence-electron chi connectivity index (χ1n) is 8.03. The van der Waals surface area contributed by atoms with Crippen LogP contribution in [0.5, 0.6) is 11.5 Å². The van der Waals surface area contributed by atoms with Crippen molar-refractivity contribution in [2.24, 2.45) is 0 Å². The van der Waals surface area contributed by atoms with E-state index in [0.29, 0.717) is 36.1 Å². The third-order valence-electron chi connectivity index (χ3n) is 3.70. The zero-order valence-electron chi connectivity index (χ0n) is 14.5. The fourth-order valence-electron chi connectivity index (χ4n) is 2.36. The average molecular weight is 373 g/mol. The highest BCUT2D eigenvalue weighted by Gasteiger charge is 2.11. The summed E-state index contributed by atoms with van der Waals surface area (Å²) in [4.78, 5) is 17.3. The molecule has 0 unspecified atom stereocenters. The number of rotatable bonds is 8. The molecule has 2 aromatic heterocycles. The predicted octanol–water partition coefficient (Wildman–Crippen LogP) is 3.06. The van der Waals surface area contributed by atoms with Gasteiger partial charge in [0.05, 0.1) is 25.6 Å². The van der Waals surface area contributed by atoms with E-state index in [0.717, 1.165) is 10.4 Å². The van der Waals surface area contributed by atoms with E-state index < -0.39 is 0 Å². The maximum Gasteiger partial charge on any atom is 0.246 e. The Morgan fingerprint density at radius 1 is 1.23 bits per heavy atom. The minimum Gasteiger partial charge on any atom is -0.497 e. The second kappa shape index (κ2) is 8.48. The number of benzene rings is 1. The van der Waals surface area contributed by atoms with Crippen molar-refractivity contribution in [3.8, 4) is 22.2 Å². The van der Waals surface area contributed by atoms with Crippen molar-refractivity contribution in [2.75, 3.05) is 14.2 Å². The van der Waals surface area contributed by atoms with Crippen molar-refractivity contribution < 1.29 is 18.8 Å². The number of aryl methyl sites for hydroxylation is 1. The van der Waals surface area contributed by atoms with Crippen molar-refractivity contribution in [3.63, 3.8) is 0 Å². The molecule has 0 radical (unpaired) electrons. The molecule has 3 rings (SSSR count). The van der Waals surface area contributed by atoms with E-state index in [1.54, 1.807) is 20.3 Å². The van der Waals surface area contributed by atoms with Gasteiger partial charge in [-0.3, -0.25) is 4.79 Å². The molecular weight excluding hydrogens is 354 g/mol. The molecule has 0 spiro atoms. The third-order valence-corrected chi connectivity index (χ3v) is 4.56. The molecule has 0 fully saturated rings. The zero-order valence-corrected chi connectivity index (χ0v) is 15.3. The molecule has 0 aliphatic rings. The Hall–Kier alpha value is -2.87. The molecule has 0 aliphatic carbocycles. The summed E-state index contributed by atoms with van der Waals surface area (Å²) in [6.45, 7) is 0.207. The minimum absolute atomic E-state index is 0.0948. The number of carbonyl (C=O) groups excluding carboxylic acids is 1. The van der Waals surface area contributed by atoms with Gasteiger partial charge in [-0.25, -0.2) is 0 Å². The molecule has 0 aliphatic heterocycles. The van der Waals surface area contributed by atoms with Gasteiger partial charge in [0.25, 0.3) is 0 Å². The van der Waals surface area contributed by atoms with E-state index in [1.165, 1.54) is 11.3 Å². The average Bonchev–Trinajstić information content (AvgIpc) is 3.35. The van der Waals surface area contributed by atoms with Crippen LogP contribution in [0.2, 0.25) is 0 Å². The lowest BCUT2D eigenvalue weighted by molar-refractivity contribution is -0.121. The number of aromatic nitrogens is 2. The van der Waals surface area contributed by atoms with E-state index in [1.807, 2.05) is 29.6 Å². The van der Waals surface area contributed by atoms with Crippen LogP contribution in [0.4, 0.5) is 0 Å². The molecule has 8 heteroatoms. The molecule has 1 N–H and O–H groups in total. The van der Waals surface area contributed by atoms with Gasteiger partial charge in [-0.15, -0.1) is 11.3 Å². The summed E-state index contributed by atoms with van der Waals surface area (Å²) in [5.74, 6) is 2.22. The van der Waals surface area contributed by atoms with Crippen LogP contribution in [0.25, 0.3) is 10.7 Å². The number of thiophene rings is 1. The van der Waals surface area contributed by atoms with Crippen LogP contribution >= 0.6 is 11.3 Å². The Kier molecular flexibility index (Phi) is 5.85. The number of carbonyl (C=O) groups is 1. The van der Waals surface area contributed by atoms with Gasteiger partial charge in [0.1, 0.15) is 11.5 Å². The van der Waals surface area contributed by atoms with Crippen LogP contribution in [-0.2, 0) is 17.8 Å². The monoisotopic (exact) mass is 373 g/mol. The van der Waals surface area contributed by atoms with Gasteiger partial charge in [0.2, 0.25) is 17.6 Å². The Labute approximate surface area is 154 Å². The number of methoxy groups -OCH3 is 2. The lowest BCUT2D eigenvalue weighted by Crippen LogP contribution is -2.23. The fraction of sp³-hybridized carbons (Fsp3) is 0.278. The highest BCUT2D eigenvalue weighted by molar-refractivity contribution is 7.13. The molecule has 1 aromatic carbocycles. The zero-order chi connectivity index (χ0) is 18.4. The summed E-state index contributed by atoms with van der Waals surface area (Å²) in [5, 5.41) is 8.65. The summed E-state index contributed by atoms with van der Waals surface area (Å²) in [6.07, 6.45) is 0.909. The predicted molar refractivity (Wildman–Crippen MR) is 97.3 cm³/mol. The fourth-order valence-corrected chi connectivity index (χ4v) is 3.01. The van der Waals surface area contributed by atoms with Gasteiger partial charge in [-0.2, -0.15) is 4.98 Å². The van der Waals surface area contributed by atoms with Gasteiger partial charge in [-0.1, -0.05) is 11.2 Å². The Bertz CT molecular complexity index is 839. The van der Waals surface area contributed by atoms with Crippen LogP contribution in [0.15, 0.2) is 40.2 Å². The first kappa shape index (κ1) is 17.9. The maximum atomic E-state index is 12.1. The van der Waals surface area contributed by atoms with Gasteiger partial charge in [0.15, 0.2) is 0 Å². The lowest BCUT2D eigenvalue weighted by Gasteiger charge is -2.08. The number of nitrogens with zero attached hydrogens (tertiary/aromatic N) is 2. The smallest absolute Gasteiger partial charge is 0.246 e. The number of hydrogen-bond donors (Lipinski definition) is 1. The summed E-state index contributed by atoms with van der Waals surface area (Å²) >= 11 is 1.53. The molecule has 26 heavy (non-hydrogen) atoms. The van der Waals surface area contributed by atoms with Gasteiger partial charge in [-0.05, 0) is 35.6 Å². The normalized spacial score (nSPS) is 10.5. The quantitative estimate of drug-likeness (QED) is 0.653. The number of hydrogen-bond acceptors (Lipinski definition) is 7. The van der Waals surface area contributed by atoms with Crippen LogP contribution < -0.4 is 14.8 Å². The topological polar surface area (TPSA) is 86.5 Å². The molecule has 0 saturated heterocycles. The molecule has 7 nitrogen and oxygen atoms in total. The van der Waals surface area contributed by atoms with Crippen molar-refractivity contribution in [3.05, 3.63) is 47.2 Å². The first-order valence-corrected chi connectivity index (χ1v) is 8.91. The number of ether oxygens (including phenoxy) is 2. The van der Waals surface area contributed by atoms with Crippen molar-refractivity contribution in [1.29, 1.82) is 0 Å². The molecular formula is C18H19N3O4S. The van der Waals surface area contributed by atoms with Crippen LogP contribution in [0.1, 0.15) is 17.9 Å². The minimum atomic E-state index is -0.0948. The van der Waals surface area contributed by atoms with Gasteiger partial charge >= 0.3 is 0 Å². The molecule has 0 saturated carbocycles. The lowest BCUT2D eigenvalue weighted by atomic mass is 10.1. The van der Waals surface area contributed by atoms with Gasteiger partial charge < -0.3 is 19.3 Å². The molecule has 1 amide bonds. The van der Waals surface area contributed by atoms with E-state index in [4.69, 9.17) is 14.0 Å². The largest absolute Gasteiger partial charge is 0.497 e. The van der Waals surface area contributed by atoms with E-state index in [9.17, 15) is 4.79 Å². The first-order chi connectivity index (χ1) is 12.7. The van der Waals surface area contributed by atoms with Gasteiger partial charge in [0, 0.05) is 12.5 Å². The summed E-state index contributed by atoms with van der Waals surface area (Å²) in [5.41, 5.74) is 0.967. The summed E-state index contributed by atoms with van der Waals surface area (Å²) in [7, 11) is 3.19. The molecule has 3 aromatic rings. The molecule has 2 heterocycles. The number of amides is 1.